The van der Waals surface area contributed by atoms with Crippen LogP contribution in [0.1, 0.15) is 53.4 Å². The van der Waals surface area contributed by atoms with E-state index in [1.807, 2.05) is 26.8 Å². The molecule has 17 heavy (non-hydrogen) atoms. The van der Waals surface area contributed by atoms with E-state index in [2.05, 4.69) is 25.7 Å². The molecule has 1 aliphatic rings. The molecule has 1 heteroatoms. The molecule has 0 aromatic rings. The first-order valence-corrected chi connectivity index (χ1v) is 6.85. The summed E-state index contributed by atoms with van der Waals surface area (Å²) in [4.78, 5) is 0. The molecule has 1 fully saturated rings. The Kier molecular flexibility index (Phi) is 7.90. The third-order valence-corrected chi connectivity index (χ3v) is 3.29. The van der Waals surface area contributed by atoms with Gasteiger partial charge in [-0.3, -0.25) is 0 Å². The zero-order valence-electron chi connectivity index (χ0n) is 11.9. The number of allylic oxidation sites excluding steroid dienone is 4. The van der Waals surface area contributed by atoms with Gasteiger partial charge < -0.3 is 5.11 Å². The normalized spacial score (nSPS) is 19.5. The second-order valence-corrected chi connectivity index (χ2v) is 4.30. The summed E-state index contributed by atoms with van der Waals surface area (Å²) < 4.78 is 0. The smallest absolute Gasteiger partial charge is 0.0636 e. The average Bonchev–Trinajstić information content (AvgIpc) is 3.15. The summed E-state index contributed by atoms with van der Waals surface area (Å²) in [6.07, 6.45) is 11.9. The minimum Gasteiger partial charge on any atom is -0.392 e. The minimum atomic E-state index is -0.178. The van der Waals surface area contributed by atoms with Gasteiger partial charge in [-0.2, -0.15) is 0 Å². The van der Waals surface area contributed by atoms with Gasteiger partial charge in [0, 0.05) is 5.41 Å². The fraction of sp³-hybridized carbons (Fsp3) is 0.625. The van der Waals surface area contributed by atoms with Crippen LogP contribution in [0.4, 0.5) is 0 Å². The first kappa shape index (κ1) is 16.2. The molecule has 1 nitrogen and oxygen atoms in total. The molecule has 0 amide bonds. The minimum absolute atomic E-state index is 0.0598. The second kappa shape index (κ2) is 8.30. The lowest BCUT2D eigenvalue weighted by Gasteiger charge is -2.23. The Bertz CT molecular complexity index is 269. The van der Waals surface area contributed by atoms with Gasteiger partial charge in [0.2, 0.25) is 0 Å². The molecule has 0 aromatic carbocycles. The molecule has 98 valence electrons. The molecule has 1 rings (SSSR count). The van der Waals surface area contributed by atoms with Gasteiger partial charge in [0.25, 0.3) is 0 Å². The predicted octanol–water partition coefficient (Wildman–Crippen LogP) is 4.64. The van der Waals surface area contributed by atoms with Gasteiger partial charge in [-0.25, -0.2) is 0 Å². The van der Waals surface area contributed by atoms with Crippen LogP contribution in [-0.2, 0) is 0 Å². The summed E-state index contributed by atoms with van der Waals surface area (Å²) in [7, 11) is 0. The summed E-state index contributed by atoms with van der Waals surface area (Å²) in [5.74, 6) is 0. The van der Waals surface area contributed by atoms with Crippen molar-refractivity contribution in [1.82, 2.24) is 0 Å². The molecule has 0 aromatic heterocycles. The first-order chi connectivity index (χ1) is 8.21. The van der Waals surface area contributed by atoms with Gasteiger partial charge in [-0.05, 0) is 31.8 Å². The maximum atomic E-state index is 10.1. The van der Waals surface area contributed by atoms with Crippen molar-refractivity contribution in [2.45, 2.75) is 59.5 Å². The van der Waals surface area contributed by atoms with Gasteiger partial charge in [-0.15, -0.1) is 0 Å². The maximum Gasteiger partial charge on any atom is 0.0636 e. The zero-order chi connectivity index (χ0) is 13.3. The molecule has 1 N–H and O–H groups in total. The van der Waals surface area contributed by atoms with Crippen LogP contribution in [0, 0.1) is 5.41 Å². The SMILES string of the molecule is C=C/C=C\C(=C/C)C1(C(O)CCC)CC1.CC. The van der Waals surface area contributed by atoms with Crippen molar-refractivity contribution in [2.24, 2.45) is 5.41 Å². The molecule has 1 aliphatic carbocycles. The van der Waals surface area contributed by atoms with Crippen LogP contribution in [-0.4, -0.2) is 11.2 Å². The lowest BCUT2D eigenvalue weighted by Crippen LogP contribution is -2.23. The third-order valence-electron chi connectivity index (χ3n) is 3.29. The Labute approximate surface area is 107 Å². The van der Waals surface area contributed by atoms with E-state index >= 15 is 0 Å². The van der Waals surface area contributed by atoms with Crippen LogP contribution in [0.2, 0.25) is 0 Å². The van der Waals surface area contributed by atoms with Crippen molar-refractivity contribution in [1.29, 1.82) is 0 Å². The number of aliphatic hydroxyl groups is 1. The fourth-order valence-corrected chi connectivity index (χ4v) is 2.22. The summed E-state index contributed by atoms with van der Waals surface area (Å²) in [6, 6.07) is 0. The molecule has 0 spiro atoms. The Morgan fingerprint density at radius 1 is 1.41 bits per heavy atom. The van der Waals surface area contributed by atoms with Gasteiger partial charge in [0.05, 0.1) is 6.10 Å². The van der Waals surface area contributed by atoms with E-state index in [0.29, 0.717) is 0 Å². The van der Waals surface area contributed by atoms with Gasteiger partial charge >= 0.3 is 0 Å². The van der Waals surface area contributed by atoms with Crippen LogP contribution >= 0.6 is 0 Å². The van der Waals surface area contributed by atoms with Crippen molar-refractivity contribution in [3.63, 3.8) is 0 Å². The highest BCUT2D eigenvalue weighted by molar-refractivity contribution is 5.34. The van der Waals surface area contributed by atoms with Crippen molar-refractivity contribution in [2.75, 3.05) is 0 Å². The molecular formula is C16H28O. The highest BCUT2D eigenvalue weighted by Crippen LogP contribution is 2.56. The summed E-state index contributed by atoms with van der Waals surface area (Å²) >= 11 is 0. The Morgan fingerprint density at radius 2 is 2.00 bits per heavy atom. The Morgan fingerprint density at radius 3 is 2.35 bits per heavy atom. The topological polar surface area (TPSA) is 20.2 Å². The van der Waals surface area contributed by atoms with Gasteiger partial charge in [0.1, 0.15) is 0 Å². The second-order valence-electron chi connectivity index (χ2n) is 4.30. The highest BCUT2D eigenvalue weighted by atomic mass is 16.3. The van der Waals surface area contributed by atoms with E-state index in [0.717, 1.165) is 25.7 Å². The molecule has 0 saturated heterocycles. The lowest BCUT2D eigenvalue weighted by molar-refractivity contribution is 0.104. The number of rotatable bonds is 6. The van der Waals surface area contributed by atoms with Crippen LogP contribution in [0.3, 0.4) is 0 Å². The van der Waals surface area contributed by atoms with E-state index in [-0.39, 0.29) is 11.5 Å². The monoisotopic (exact) mass is 236 g/mol. The maximum absolute atomic E-state index is 10.1. The zero-order valence-corrected chi connectivity index (χ0v) is 11.9. The molecule has 1 atom stereocenters. The number of aliphatic hydroxyl groups excluding tert-OH is 1. The van der Waals surface area contributed by atoms with Crippen LogP contribution < -0.4 is 0 Å². The molecular weight excluding hydrogens is 208 g/mol. The standard InChI is InChI=1S/C14H22O.C2H6/c1-4-7-9-12(6-3)14(10-11-14)13(15)8-5-2;1-2/h4,6-7,9,13,15H,1,5,8,10-11H2,2-3H3;1-2H3/b9-7-,12-6+;. The first-order valence-electron chi connectivity index (χ1n) is 6.85. The van der Waals surface area contributed by atoms with Crippen molar-refractivity contribution in [3.05, 3.63) is 36.5 Å². The lowest BCUT2D eigenvalue weighted by atomic mass is 9.87. The van der Waals surface area contributed by atoms with Crippen LogP contribution in [0.25, 0.3) is 0 Å². The predicted molar refractivity (Wildman–Crippen MR) is 77.0 cm³/mol. The Balaban J connectivity index is 0.00000121. The largest absolute Gasteiger partial charge is 0.392 e. The highest BCUT2D eigenvalue weighted by Gasteiger charge is 2.49. The summed E-state index contributed by atoms with van der Waals surface area (Å²) in [6.45, 7) is 11.8. The van der Waals surface area contributed by atoms with E-state index in [4.69, 9.17) is 0 Å². The number of hydrogen-bond donors (Lipinski definition) is 1. The average molecular weight is 236 g/mol. The quantitative estimate of drug-likeness (QED) is 0.666. The molecule has 0 radical (unpaired) electrons. The van der Waals surface area contributed by atoms with E-state index in [1.54, 1.807) is 6.08 Å². The van der Waals surface area contributed by atoms with Crippen molar-refractivity contribution in [3.8, 4) is 0 Å². The molecule has 1 unspecified atom stereocenters. The van der Waals surface area contributed by atoms with E-state index in [1.165, 1.54) is 5.57 Å². The molecule has 0 bridgehead atoms. The van der Waals surface area contributed by atoms with E-state index < -0.39 is 0 Å². The van der Waals surface area contributed by atoms with Crippen molar-refractivity contribution >= 4 is 0 Å². The molecule has 0 aliphatic heterocycles. The van der Waals surface area contributed by atoms with Crippen LogP contribution in [0.5, 0.6) is 0 Å². The van der Waals surface area contributed by atoms with Gasteiger partial charge in [-0.1, -0.05) is 58.1 Å². The molecule has 1 saturated carbocycles. The van der Waals surface area contributed by atoms with Gasteiger partial charge in [0.15, 0.2) is 0 Å². The molecule has 0 heterocycles. The summed E-state index contributed by atoms with van der Waals surface area (Å²) in [5, 5.41) is 10.1. The third kappa shape index (κ3) is 4.16. The van der Waals surface area contributed by atoms with Crippen LogP contribution in [0.15, 0.2) is 36.5 Å². The summed E-state index contributed by atoms with van der Waals surface area (Å²) in [5.41, 5.74) is 1.33. The number of hydrogen-bond acceptors (Lipinski definition) is 1. The van der Waals surface area contributed by atoms with E-state index in [9.17, 15) is 5.11 Å². The Hall–Kier alpha value is -0.820. The van der Waals surface area contributed by atoms with Crippen molar-refractivity contribution < 1.29 is 5.11 Å². The fourth-order valence-electron chi connectivity index (χ4n) is 2.22.